The van der Waals surface area contributed by atoms with Crippen molar-refractivity contribution in [3.05, 3.63) is 54.6 Å². The minimum absolute atomic E-state index is 0.229. The van der Waals surface area contributed by atoms with Crippen LogP contribution in [0.1, 0.15) is 43.7 Å². The first-order valence-corrected chi connectivity index (χ1v) is 14.6. The molecule has 1 aromatic carbocycles. The number of esters is 1. The molecule has 39 heavy (non-hydrogen) atoms. The second-order valence-corrected chi connectivity index (χ2v) is 12.1. The van der Waals surface area contributed by atoms with Crippen molar-refractivity contribution in [3.63, 3.8) is 0 Å². The molecule has 0 aromatic heterocycles. The van der Waals surface area contributed by atoms with Gasteiger partial charge in [0.15, 0.2) is 0 Å². The maximum absolute atomic E-state index is 14.5. The SMILES string of the molecule is C=CCCCCOC(=O)[C@H]1[C@H]2C(=O)N([C@H](C)CO)C(C(=O)N(CC=C)c3cc(C)ccc3C)C23CC(Br)[C@@H]1O3. The average molecular weight is 604 g/mol. The molecule has 1 spiro atoms. The minimum atomic E-state index is -1.22. The molecule has 1 aromatic rings. The molecule has 0 saturated carbocycles. The number of hydrogen-bond acceptors (Lipinski definition) is 6. The van der Waals surface area contributed by atoms with Crippen LogP contribution in [-0.4, -0.2) is 76.2 Å². The summed E-state index contributed by atoms with van der Waals surface area (Å²) in [6, 6.07) is 4.20. The first kappa shape index (κ1) is 29.5. The van der Waals surface area contributed by atoms with Crippen LogP contribution in [0.5, 0.6) is 0 Å². The number of amides is 2. The number of unbranched alkanes of at least 4 members (excludes halogenated alkanes) is 2. The number of allylic oxidation sites excluding steroid dienone is 1. The molecule has 7 atom stereocenters. The summed E-state index contributed by atoms with van der Waals surface area (Å²) in [6.07, 6.45) is 5.65. The highest BCUT2D eigenvalue weighted by Crippen LogP contribution is 2.60. The number of alkyl halides is 1. The molecule has 3 aliphatic rings. The van der Waals surface area contributed by atoms with E-state index >= 15 is 0 Å². The zero-order valence-electron chi connectivity index (χ0n) is 23.0. The van der Waals surface area contributed by atoms with Crippen LogP contribution in [0.15, 0.2) is 43.5 Å². The minimum Gasteiger partial charge on any atom is -0.465 e. The van der Waals surface area contributed by atoms with Crippen molar-refractivity contribution in [1.29, 1.82) is 0 Å². The fourth-order valence-corrected chi connectivity index (χ4v) is 7.37. The van der Waals surface area contributed by atoms with Gasteiger partial charge in [0.05, 0.1) is 37.2 Å². The molecule has 2 bridgehead atoms. The van der Waals surface area contributed by atoms with Gasteiger partial charge in [0, 0.05) is 17.1 Å². The highest BCUT2D eigenvalue weighted by Gasteiger charge is 2.77. The summed E-state index contributed by atoms with van der Waals surface area (Å²) < 4.78 is 12.2. The Kier molecular flexibility index (Phi) is 9.03. The van der Waals surface area contributed by atoms with E-state index in [1.807, 2.05) is 38.1 Å². The fourth-order valence-electron chi connectivity index (χ4n) is 6.43. The summed E-state index contributed by atoms with van der Waals surface area (Å²) in [7, 11) is 0. The molecule has 3 aliphatic heterocycles. The molecule has 212 valence electrons. The lowest BCUT2D eigenvalue weighted by Gasteiger charge is -2.39. The Balaban J connectivity index is 1.73. The van der Waals surface area contributed by atoms with Crippen molar-refractivity contribution >= 4 is 39.4 Å². The molecular formula is C30H39BrN2O6. The number of rotatable bonds is 12. The van der Waals surface area contributed by atoms with Crippen LogP contribution in [0.2, 0.25) is 0 Å². The number of likely N-dealkylation sites (tertiary alicyclic amines) is 1. The predicted octanol–water partition coefficient (Wildman–Crippen LogP) is 3.85. The normalized spacial score (nSPS) is 29.7. The van der Waals surface area contributed by atoms with Crippen LogP contribution in [0.3, 0.4) is 0 Å². The molecule has 3 unspecified atom stereocenters. The van der Waals surface area contributed by atoms with Crippen molar-refractivity contribution in [2.24, 2.45) is 11.8 Å². The van der Waals surface area contributed by atoms with E-state index in [2.05, 4.69) is 29.1 Å². The molecule has 3 heterocycles. The number of aliphatic hydroxyl groups excluding tert-OH is 1. The zero-order chi connectivity index (χ0) is 28.5. The molecule has 3 fully saturated rings. The van der Waals surface area contributed by atoms with E-state index in [9.17, 15) is 19.5 Å². The number of nitrogens with zero attached hydrogens (tertiary/aromatic N) is 2. The third-order valence-electron chi connectivity index (χ3n) is 8.25. The first-order valence-electron chi connectivity index (χ1n) is 13.6. The van der Waals surface area contributed by atoms with Crippen LogP contribution in [0.25, 0.3) is 0 Å². The number of benzene rings is 1. The second-order valence-electron chi connectivity index (χ2n) is 10.9. The monoisotopic (exact) mass is 602 g/mol. The zero-order valence-corrected chi connectivity index (χ0v) is 24.6. The van der Waals surface area contributed by atoms with Gasteiger partial charge in [-0.25, -0.2) is 0 Å². The van der Waals surface area contributed by atoms with E-state index in [0.29, 0.717) is 12.8 Å². The van der Waals surface area contributed by atoms with Crippen LogP contribution >= 0.6 is 15.9 Å². The van der Waals surface area contributed by atoms with Gasteiger partial charge in [-0.1, -0.05) is 40.2 Å². The van der Waals surface area contributed by atoms with E-state index < -0.39 is 41.6 Å². The lowest BCUT2D eigenvalue weighted by molar-refractivity contribution is -0.155. The number of anilines is 1. The number of fused-ring (bicyclic) bond motifs is 1. The van der Waals surface area contributed by atoms with Gasteiger partial charge in [0.1, 0.15) is 11.6 Å². The number of ether oxygens (including phenoxy) is 2. The summed E-state index contributed by atoms with van der Waals surface area (Å²) in [6.45, 7) is 13.3. The van der Waals surface area contributed by atoms with Gasteiger partial charge in [-0.15, -0.1) is 13.2 Å². The molecular weight excluding hydrogens is 564 g/mol. The Labute approximate surface area is 239 Å². The Morgan fingerprint density at radius 3 is 2.72 bits per heavy atom. The highest BCUT2D eigenvalue weighted by atomic mass is 79.9. The van der Waals surface area contributed by atoms with Crippen LogP contribution in [0.4, 0.5) is 5.69 Å². The average Bonchev–Trinajstić information content (AvgIpc) is 3.51. The quantitative estimate of drug-likeness (QED) is 0.169. The van der Waals surface area contributed by atoms with Gasteiger partial charge in [-0.05, 0) is 63.6 Å². The van der Waals surface area contributed by atoms with Crippen molar-refractivity contribution in [3.8, 4) is 0 Å². The van der Waals surface area contributed by atoms with Crippen LogP contribution in [-0.2, 0) is 23.9 Å². The van der Waals surface area contributed by atoms with Crippen molar-refractivity contribution in [2.45, 2.75) is 75.1 Å². The van der Waals surface area contributed by atoms with E-state index in [1.165, 1.54) is 4.90 Å². The molecule has 8 nitrogen and oxygen atoms in total. The Bertz CT molecular complexity index is 1140. The van der Waals surface area contributed by atoms with Crippen LogP contribution < -0.4 is 4.90 Å². The van der Waals surface area contributed by atoms with Crippen molar-refractivity contribution in [2.75, 3.05) is 24.7 Å². The molecule has 3 saturated heterocycles. The summed E-state index contributed by atoms with van der Waals surface area (Å²) in [5, 5.41) is 10.1. The lowest BCUT2D eigenvalue weighted by Crippen LogP contribution is -2.59. The summed E-state index contributed by atoms with van der Waals surface area (Å²) in [5.74, 6) is -2.87. The topological polar surface area (TPSA) is 96.4 Å². The molecule has 4 rings (SSSR count). The van der Waals surface area contributed by atoms with Gasteiger partial charge in [0.2, 0.25) is 5.91 Å². The Morgan fingerprint density at radius 1 is 1.31 bits per heavy atom. The highest BCUT2D eigenvalue weighted by molar-refractivity contribution is 9.09. The summed E-state index contributed by atoms with van der Waals surface area (Å²) in [5.41, 5.74) is 1.40. The number of aliphatic hydroxyl groups is 1. The van der Waals surface area contributed by atoms with Gasteiger partial charge in [0.25, 0.3) is 5.91 Å². The van der Waals surface area contributed by atoms with E-state index in [1.54, 1.807) is 17.9 Å². The van der Waals surface area contributed by atoms with Gasteiger partial charge >= 0.3 is 5.97 Å². The first-order chi connectivity index (χ1) is 18.6. The lowest BCUT2D eigenvalue weighted by atomic mass is 9.70. The predicted molar refractivity (Wildman–Crippen MR) is 153 cm³/mol. The van der Waals surface area contributed by atoms with E-state index in [4.69, 9.17) is 9.47 Å². The van der Waals surface area contributed by atoms with Crippen molar-refractivity contribution in [1.82, 2.24) is 4.90 Å². The fraction of sp³-hybridized carbons (Fsp3) is 0.567. The third-order valence-corrected chi connectivity index (χ3v) is 9.10. The van der Waals surface area contributed by atoms with Gasteiger partial charge in [-0.3, -0.25) is 14.4 Å². The largest absolute Gasteiger partial charge is 0.465 e. The Morgan fingerprint density at radius 2 is 2.05 bits per heavy atom. The van der Waals surface area contributed by atoms with Crippen molar-refractivity contribution < 1.29 is 29.0 Å². The number of carbonyl (C=O) groups is 3. The maximum Gasteiger partial charge on any atom is 0.312 e. The molecule has 1 N–H and O–H groups in total. The second kappa shape index (κ2) is 11.9. The van der Waals surface area contributed by atoms with Gasteiger partial charge in [-0.2, -0.15) is 0 Å². The summed E-state index contributed by atoms with van der Waals surface area (Å²) >= 11 is 3.68. The van der Waals surface area contributed by atoms with Crippen LogP contribution in [0, 0.1) is 25.7 Å². The number of aryl methyl sites for hydroxylation is 2. The smallest absolute Gasteiger partial charge is 0.312 e. The number of halogens is 1. The van der Waals surface area contributed by atoms with Gasteiger partial charge < -0.3 is 24.4 Å². The number of hydrogen-bond donors (Lipinski definition) is 1. The van der Waals surface area contributed by atoms with E-state index in [-0.39, 0.29) is 36.4 Å². The summed E-state index contributed by atoms with van der Waals surface area (Å²) in [4.78, 5) is 44.8. The molecule has 0 aliphatic carbocycles. The molecule has 2 amide bonds. The maximum atomic E-state index is 14.5. The van der Waals surface area contributed by atoms with E-state index in [0.717, 1.165) is 29.7 Å². The Hall–Kier alpha value is -2.49. The molecule has 9 heteroatoms. The standard InChI is InChI=1S/C30H39BrN2O6/c1-6-8-9-10-14-38-29(37)23-24-27(35)33(20(5)17-34)26(30(24)16-21(31)25(23)39-30)28(36)32(13-7-2)22-15-18(3)11-12-19(22)4/h6-7,11-12,15,20-21,23-26,34H,1-2,8-10,13-14,16-17H2,3-5H3/t20-,21?,23+,24+,25+,26?,30?/m1/s1. The number of carbonyl (C=O) groups excluding carboxylic acids is 3. The third kappa shape index (κ3) is 5.09. The molecule has 0 radical (unpaired) electrons.